The molecule has 0 aliphatic carbocycles. The molecular formula is C33H36N2O3. The van der Waals surface area contributed by atoms with Crippen molar-refractivity contribution in [1.29, 1.82) is 0 Å². The summed E-state index contributed by atoms with van der Waals surface area (Å²) in [6.45, 7) is 6.04. The summed E-state index contributed by atoms with van der Waals surface area (Å²) in [5, 5.41) is 3.06. The molecule has 0 aromatic heterocycles. The first-order valence-corrected chi connectivity index (χ1v) is 13.2. The largest absolute Gasteiger partial charge is 0.489 e. The van der Waals surface area contributed by atoms with Gasteiger partial charge in [0, 0.05) is 19.6 Å². The van der Waals surface area contributed by atoms with Crippen molar-refractivity contribution in [1.82, 2.24) is 10.2 Å². The zero-order valence-electron chi connectivity index (χ0n) is 22.0. The van der Waals surface area contributed by atoms with Crippen molar-refractivity contribution in [2.45, 2.75) is 32.9 Å². The Hall–Kier alpha value is -4.09. The molecule has 38 heavy (non-hydrogen) atoms. The number of ether oxygens (including phenoxy) is 2. The van der Waals surface area contributed by atoms with E-state index in [-0.39, 0.29) is 5.91 Å². The minimum absolute atomic E-state index is 0.0387. The molecule has 0 bridgehead atoms. The third kappa shape index (κ3) is 9.09. The van der Waals surface area contributed by atoms with E-state index in [2.05, 4.69) is 29.3 Å². The second-order valence-corrected chi connectivity index (χ2v) is 9.23. The van der Waals surface area contributed by atoms with Gasteiger partial charge in [-0.1, -0.05) is 79.7 Å². The molecule has 0 aliphatic rings. The lowest BCUT2D eigenvalue weighted by atomic mass is 10.1. The second kappa shape index (κ2) is 14.6. The van der Waals surface area contributed by atoms with E-state index in [4.69, 9.17) is 9.47 Å². The van der Waals surface area contributed by atoms with Crippen LogP contribution in [0, 0.1) is 0 Å². The van der Waals surface area contributed by atoms with Gasteiger partial charge in [-0.05, 0) is 66.1 Å². The number of nitrogens with one attached hydrogen (secondary N) is 1. The first-order chi connectivity index (χ1) is 18.7. The summed E-state index contributed by atoms with van der Waals surface area (Å²) in [5.41, 5.74) is 3.31. The van der Waals surface area contributed by atoms with Gasteiger partial charge in [-0.2, -0.15) is 0 Å². The maximum Gasteiger partial charge on any atom is 0.224 e. The van der Waals surface area contributed by atoms with E-state index in [0.717, 1.165) is 54.4 Å². The van der Waals surface area contributed by atoms with Crippen LogP contribution in [0.25, 0.3) is 0 Å². The number of para-hydroxylation sites is 1. The van der Waals surface area contributed by atoms with Crippen molar-refractivity contribution in [3.8, 4) is 17.2 Å². The van der Waals surface area contributed by atoms with E-state index in [1.165, 1.54) is 5.56 Å². The van der Waals surface area contributed by atoms with Crippen LogP contribution in [0.3, 0.4) is 0 Å². The van der Waals surface area contributed by atoms with Crippen LogP contribution in [-0.2, 0) is 24.4 Å². The van der Waals surface area contributed by atoms with Crippen molar-refractivity contribution >= 4 is 5.91 Å². The SMILES string of the molecule is CCN(CCCNC(=O)Cc1ccc(OCc2ccccc2)cc1)Cc1cccc(Oc2ccccc2)c1. The monoisotopic (exact) mass is 508 g/mol. The van der Waals surface area contributed by atoms with E-state index in [0.29, 0.717) is 19.6 Å². The Labute approximate surface area is 226 Å². The highest BCUT2D eigenvalue weighted by atomic mass is 16.5. The van der Waals surface area contributed by atoms with E-state index in [9.17, 15) is 4.79 Å². The van der Waals surface area contributed by atoms with Crippen LogP contribution in [0.4, 0.5) is 0 Å². The molecule has 0 fully saturated rings. The zero-order valence-corrected chi connectivity index (χ0v) is 22.0. The maximum atomic E-state index is 12.4. The van der Waals surface area contributed by atoms with Gasteiger partial charge in [0.1, 0.15) is 23.9 Å². The molecule has 1 N–H and O–H groups in total. The summed E-state index contributed by atoms with van der Waals surface area (Å²) in [6, 6.07) is 35.9. The molecule has 0 saturated carbocycles. The first-order valence-electron chi connectivity index (χ1n) is 13.2. The Balaban J connectivity index is 1.15. The Morgan fingerprint density at radius 1 is 0.737 bits per heavy atom. The van der Waals surface area contributed by atoms with E-state index < -0.39 is 0 Å². The van der Waals surface area contributed by atoms with Crippen molar-refractivity contribution in [2.75, 3.05) is 19.6 Å². The van der Waals surface area contributed by atoms with Gasteiger partial charge in [-0.3, -0.25) is 9.69 Å². The molecule has 5 nitrogen and oxygen atoms in total. The Morgan fingerprint density at radius 3 is 2.16 bits per heavy atom. The maximum absolute atomic E-state index is 12.4. The summed E-state index contributed by atoms with van der Waals surface area (Å²) >= 11 is 0. The van der Waals surface area contributed by atoms with Gasteiger partial charge in [0.15, 0.2) is 0 Å². The normalized spacial score (nSPS) is 10.8. The summed E-state index contributed by atoms with van der Waals surface area (Å²) in [6.07, 6.45) is 1.26. The lowest BCUT2D eigenvalue weighted by molar-refractivity contribution is -0.120. The van der Waals surface area contributed by atoms with E-state index in [1.807, 2.05) is 97.1 Å². The first kappa shape index (κ1) is 27.0. The molecular weight excluding hydrogens is 472 g/mol. The fraction of sp³-hybridized carbons (Fsp3) is 0.242. The molecule has 0 atom stereocenters. The topological polar surface area (TPSA) is 50.8 Å². The smallest absolute Gasteiger partial charge is 0.224 e. The lowest BCUT2D eigenvalue weighted by Gasteiger charge is -2.21. The molecule has 196 valence electrons. The van der Waals surface area contributed by atoms with Crippen LogP contribution in [0.5, 0.6) is 17.2 Å². The molecule has 5 heteroatoms. The van der Waals surface area contributed by atoms with Gasteiger partial charge in [0.05, 0.1) is 6.42 Å². The summed E-state index contributed by atoms with van der Waals surface area (Å²) in [7, 11) is 0. The summed E-state index contributed by atoms with van der Waals surface area (Å²) in [4.78, 5) is 14.8. The lowest BCUT2D eigenvalue weighted by Crippen LogP contribution is -2.30. The van der Waals surface area contributed by atoms with Crippen molar-refractivity contribution in [3.63, 3.8) is 0 Å². The molecule has 0 radical (unpaired) electrons. The number of carbonyl (C=O) groups excluding carboxylic acids is 1. The van der Waals surface area contributed by atoms with Crippen LogP contribution in [-0.4, -0.2) is 30.4 Å². The Kier molecular flexibility index (Phi) is 10.4. The second-order valence-electron chi connectivity index (χ2n) is 9.23. The Morgan fingerprint density at radius 2 is 1.42 bits per heavy atom. The van der Waals surface area contributed by atoms with Crippen molar-refractivity contribution in [3.05, 3.63) is 126 Å². The highest BCUT2D eigenvalue weighted by molar-refractivity contribution is 5.78. The molecule has 0 saturated heterocycles. The fourth-order valence-corrected chi connectivity index (χ4v) is 4.16. The quantitative estimate of drug-likeness (QED) is 0.194. The number of nitrogens with zero attached hydrogens (tertiary/aromatic N) is 1. The number of carbonyl (C=O) groups is 1. The molecule has 0 aliphatic heterocycles. The van der Waals surface area contributed by atoms with Gasteiger partial charge in [0.25, 0.3) is 0 Å². The van der Waals surface area contributed by atoms with Gasteiger partial charge < -0.3 is 14.8 Å². The molecule has 0 unspecified atom stereocenters. The minimum atomic E-state index is 0.0387. The summed E-state index contributed by atoms with van der Waals surface area (Å²) < 4.78 is 11.8. The number of rotatable bonds is 14. The van der Waals surface area contributed by atoms with E-state index >= 15 is 0 Å². The van der Waals surface area contributed by atoms with Crippen LogP contribution < -0.4 is 14.8 Å². The average molecular weight is 509 g/mol. The van der Waals surface area contributed by atoms with Crippen molar-refractivity contribution in [2.24, 2.45) is 0 Å². The van der Waals surface area contributed by atoms with Gasteiger partial charge in [-0.25, -0.2) is 0 Å². The molecule has 1 amide bonds. The minimum Gasteiger partial charge on any atom is -0.489 e. The third-order valence-electron chi connectivity index (χ3n) is 6.24. The molecule has 0 spiro atoms. The number of hydrogen-bond acceptors (Lipinski definition) is 4. The average Bonchev–Trinajstić information content (AvgIpc) is 2.95. The third-order valence-corrected chi connectivity index (χ3v) is 6.24. The molecule has 4 aromatic rings. The summed E-state index contributed by atoms with van der Waals surface area (Å²) in [5.74, 6) is 2.51. The highest BCUT2D eigenvalue weighted by Gasteiger charge is 2.07. The van der Waals surface area contributed by atoms with Crippen LogP contribution in [0.15, 0.2) is 109 Å². The van der Waals surface area contributed by atoms with Crippen molar-refractivity contribution < 1.29 is 14.3 Å². The van der Waals surface area contributed by atoms with Gasteiger partial charge >= 0.3 is 0 Å². The van der Waals surface area contributed by atoms with E-state index in [1.54, 1.807) is 0 Å². The van der Waals surface area contributed by atoms with Crippen LogP contribution in [0.2, 0.25) is 0 Å². The number of benzene rings is 4. The van der Waals surface area contributed by atoms with Crippen LogP contribution >= 0.6 is 0 Å². The van der Waals surface area contributed by atoms with Gasteiger partial charge in [-0.15, -0.1) is 0 Å². The zero-order chi connectivity index (χ0) is 26.4. The predicted molar refractivity (Wildman–Crippen MR) is 152 cm³/mol. The molecule has 0 heterocycles. The predicted octanol–water partition coefficient (Wildman–Crippen LogP) is 6.63. The molecule has 4 aromatic carbocycles. The standard InChI is InChI=1S/C33H36N2O3/c1-2-35(25-29-13-9-16-32(23-29)38-31-14-7-4-8-15-31)22-10-21-34-33(36)24-27-17-19-30(20-18-27)37-26-28-11-5-3-6-12-28/h3-9,11-20,23H,2,10,21-22,24-26H2,1H3,(H,34,36). The van der Waals surface area contributed by atoms with Gasteiger partial charge in [0.2, 0.25) is 5.91 Å². The number of amides is 1. The van der Waals surface area contributed by atoms with Crippen LogP contribution in [0.1, 0.15) is 30.0 Å². The number of hydrogen-bond donors (Lipinski definition) is 1. The fourth-order valence-electron chi connectivity index (χ4n) is 4.16. The highest BCUT2D eigenvalue weighted by Crippen LogP contribution is 2.22. The molecule has 4 rings (SSSR count). The Bertz CT molecular complexity index is 1240.